The Morgan fingerprint density at radius 3 is 2.56 bits per heavy atom. The molecule has 3 amide bonds. The largest absolute Gasteiger partial charge is 0.351 e. The number of amides is 3. The first-order chi connectivity index (χ1) is 8.40. The molecule has 18 heavy (non-hydrogen) atoms. The van der Waals surface area contributed by atoms with E-state index in [2.05, 4.69) is 21.2 Å². The van der Waals surface area contributed by atoms with Crippen LogP contribution in [-0.2, 0) is 4.79 Å². The Bertz CT molecular complexity index is 451. The zero-order valence-corrected chi connectivity index (χ0v) is 11.8. The normalized spacial score (nSPS) is 13.7. The van der Waals surface area contributed by atoms with Gasteiger partial charge >= 0.3 is 6.03 Å². The van der Waals surface area contributed by atoms with Crippen molar-refractivity contribution in [1.29, 1.82) is 0 Å². The molecule has 0 radical (unpaired) electrons. The van der Waals surface area contributed by atoms with Gasteiger partial charge in [0.05, 0.1) is 6.04 Å². The zero-order chi connectivity index (χ0) is 13.7. The molecule has 5 nitrogen and oxygen atoms in total. The number of hydrogen-bond donors (Lipinski definition) is 3. The molecule has 1 aromatic rings. The lowest BCUT2D eigenvalue weighted by Crippen LogP contribution is -2.47. The highest BCUT2D eigenvalue weighted by Crippen LogP contribution is 2.18. The topological polar surface area (TPSA) is 84.2 Å². The quantitative estimate of drug-likeness (QED) is 0.790. The molecular formula is C12H16BrN3O2. The van der Waals surface area contributed by atoms with Gasteiger partial charge in [0.1, 0.15) is 0 Å². The Balaban J connectivity index is 2.61. The van der Waals surface area contributed by atoms with E-state index in [4.69, 9.17) is 5.73 Å². The Morgan fingerprint density at radius 2 is 2.00 bits per heavy atom. The SMILES string of the molecule is CC(N[C@@H](C)c1cccc(Br)c1)C(=O)NC(N)=O. The first-order valence-corrected chi connectivity index (χ1v) is 6.31. The van der Waals surface area contributed by atoms with Gasteiger partial charge in [0.2, 0.25) is 5.91 Å². The summed E-state index contributed by atoms with van der Waals surface area (Å²) >= 11 is 3.39. The van der Waals surface area contributed by atoms with E-state index in [9.17, 15) is 9.59 Å². The van der Waals surface area contributed by atoms with E-state index in [1.807, 2.05) is 36.5 Å². The number of imide groups is 1. The van der Waals surface area contributed by atoms with Crippen molar-refractivity contribution in [3.63, 3.8) is 0 Å². The van der Waals surface area contributed by atoms with E-state index in [-0.39, 0.29) is 6.04 Å². The zero-order valence-electron chi connectivity index (χ0n) is 10.2. The second-order valence-corrected chi connectivity index (χ2v) is 4.93. The van der Waals surface area contributed by atoms with Crippen LogP contribution >= 0.6 is 15.9 Å². The molecule has 0 heterocycles. The third-order valence-electron chi connectivity index (χ3n) is 2.49. The van der Waals surface area contributed by atoms with Gasteiger partial charge in [-0.2, -0.15) is 0 Å². The standard InChI is InChI=1S/C12H16BrN3O2/c1-7(9-4-3-5-10(13)6-9)15-8(2)11(17)16-12(14)18/h3-8,15H,1-2H3,(H3,14,16,17,18)/t7-,8?/m0/s1. The lowest BCUT2D eigenvalue weighted by molar-refractivity contribution is -0.121. The number of nitrogens with two attached hydrogens (primary N) is 1. The highest BCUT2D eigenvalue weighted by Gasteiger charge is 2.17. The summed E-state index contributed by atoms with van der Waals surface area (Å²) in [7, 11) is 0. The number of primary amides is 1. The van der Waals surface area contributed by atoms with Gasteiger partial charge in [-0.05, 0) is 31.5 Å². The monoisotopic (exact) mass is 313 g/mol. The molecule has 0 aliphatic rings. The summed E-state index contributed by atoms with van der Waals surface area (Å²) in [4.78, 5) is 22.1. The average molecular weight is 314 g/mol. The Labute approximate surface area is 114 Å². The number of carbonyl (C=O) groups is 2. The molecule has 0 saturated carbocycles. The number of nitrogens with one attached hydrogen (secondary N) is 2. The van der Waals surface area contributed by atoms with Crippen molar-refractivity contribution in [2.45, 2.75) is 25.9 Å². The predicted molar refractivity (Wildman–Crippen MR) is 72.9 cm³/mol. The molecule has 4 N–H and O–H groups in total. The average Bonchev–Trinajstić information content (AvgIpc) is 2.27. The van der Waals surface area contributed by atoms with E-state index in [0.717, 1.165) is 10.0 Å². The molecule has 0 aliphatic carbocycles. The van der Waals surface area contributed by atoms with E-state index >= 15 is 0 Å². The molecule has 1 aromatic carbocycles. The van der Waals surface area contributed by atoms with Crippen LogP contribution in [0.1, 0.15) is 25.5 Å². The van der Waals surface area contributed by atoms with Crippen molar-refractivity contribution in [3.05, 3.63) is 34.3 Å². The molecule has 0 bridgehead atoms. The third-order valence-corrected chi connectivity index (χ3v) is 2.98. The maximum Gasteiger partial charge on any atom is 0.318 e. The molecule has 0 saturated heterocycles. The molecular weight excluding hydrogens is 298 g/mol. The van der Waals surface area contributed by atoms with Crippen molar-refractivity contribution < 1.29 is 9.59 Å². The van der Waals surface area contributed by atoms with Crippen LogP contribution in [0.5, 0.6) is 0 Å². The van der Waals surface area contributed by atoms with E-state index in [1.54, 1.807) is 6.92 Å². The molecule has 0 aliphatic heterocycles. The summed E-state index contributed by atoms with van der Waals surface area (Å²) in [5, 5.41) is 5.13. The van der Waals surface area contributed by atoms with Crippen LogP contribution in [0.4, 0.5) is 4.79 Å². The van der Waals surface area contributed by atoms with Crippen molar-refractivity contribution in [2.75, 3.05) is 0 Å². The van der Waals surface area contributed by atoms with Gasteiger partial charge in [-0.3, -0.25) is 15.4 Å². The number of hydrogen-bond acceptors (Lipinski definition) is 3. The van der Waals surface area contributed by atoms with Gasteiger partial charge in [0, 0.05) is 10.5 Å². The van der Waals surface area contributed by atoms with Crippen molar-refractivity contribution in [1.82, 2.24) is 10.6 Å². The third kappa shape index (κ3) is 4.46. The van der Waals surface area contributed by atoms with Crippen molar-refractivity contribution >= 4 is 27.9 Å². The summed E-state index contributed by atoms with van der Waals surface area (Å²) in [6.45, 7) is 3.61. The minimum absolute atomic E-state index is 0.0175. The minimum Gasteiger partial charge on any atom is -0.351 e. The number of rotatable bonds is 4. The van der Waals surface area contributed by atoms with E-state index in [1.165, 1.54) is 0 Å². The molecule has 1 rings (SSSR count). The number of halogens is 1. The molecule has 1 unspecified atom stereocenters. The lowest BCUT2D eigenvalue weighted by Gasteiger charge is -2.19. The van der Waals surface area contributed by atoms with Crippen LogP contribution in [0.25, 0.3) is 0 Å². The summed E-state index contributed by atoms with van der Waals surface area (Å²) < 4.78 is 0.975. The highest BCUT2D eigenvalue weighted by atomic mass is 79.9. The maximum atomic E-state index is 11.5. The Kier molecular flexibility index (Phi) is 5.30. The summed E-state index contributed by atoms with van der Waals surface area (Å²) in [5.41, 5.74) is 5.93. The predicted octanol–water partition coefficient (Wildman–Crippen LogP) is 1.68. The molecule has 0 aromatic heterocycles. The van der Waals surface area contributed by atoms with Crippen LogP contribution in [-0.4, -0.2) is 18.0 Å². The maximum absolute atomic E-state index is 11.5. The van der Waals surface area contributed by atoms with Crippen molar-refractivity contribution in [2.24, 2.45) is 5.73 Å². The van der Waals surface area contributed by atoms with E-state index < -0.39 is 18.0 Å². The first kappa shape index (κ1) is 14.7. The van der Waals surface area contributed by atoms with Gasteiger partial charge in [-0.1, -0.05) is 28.1 Å². The fourth-order valence-electron chi connectivity index (χ4n) is 1.55. The van der Waals surface area contributed by atoms with Gasteiger partial charge in [0.15, 0.2) is 0 Å². The number of benzene rings is 1. The Hall–Kier alpha value is -1.40. The fraction of sp³-hybridized carbons (Fsp3) is 0.333. The molecule has 0 fully saturated rings. The van der Waals surface area contributed by atoms with Gasteiger partial charge in [0.25, 0.3) is 0 Å². The van der Waals surface area contributed by atoms with Gasteiger partial charge in [-0.25, -0.2) is 4.79 Å². The first-order valence-electron chi connectivity index (χ1n) is 5.52. The number of urea groups is 1. The number of carbonyl (C=O) groups excluding carboxylic acids is 2. The summed E-state index contributed by atoms with van der Waals surface area (Å²) in [6, 6.07) is 6.41. The second kappa shape index (κ2) is 6.51. The van der Waals surface area contributed by atoms with Gasteiger partial charge < -0.3 is 5.73 Å². The molecule has 98 valence electrons. The molecule has 0 spiro atoms. The summed E-state index contributed by atoms with van der Waals surface area (Å²) in [6.07, 6.45) is 0. The Morgan fingerprint density at radius 1 is 1.33 bits per heavy atom. The van der Waals surface area contributed by atoms with Crippen LogP contribution in [0, 0.1) is 0 Å². The molecule has 2 atom stereocenters. The summed E-state index contributed by atoms with van der Waals surface area (Å²) in [5.74, 6) is -0.440. The lowest BCUT2D eigenvalue weighted by atomic mass is 10.1. The van der Waals surface area contributed by atoms with E-state index in [0.29, 0.717) is 0 Å². The van der Waals surface area contributed by atoms with Crippen LogP contribution < -0.4 is 16.4 Å². The van der Waals surface area contributed by atoms with Crippen LogP contribution in [0.2, 0.25) is 0 Å². The molecule has 6 heteroatoms. The highest BCUT2D eigenvalue weighted by molar-refractivity contribution is 9.10. The minimum atomic E-state index is -0.844. The second-order valence-electron chi connectivity index (χ2n) is 4.02. The fourth-order valence-corrected chi connectivity index (χ4v) is 1.97. The smallest absolute Gasteiger partial charge is 0.318 e. The van der Waals surface area contributed by atoms with Crippen LogP contribution in [0.3, 0.4) is 0 Å². The van der Waals surface area contributed by atoms with Gasteiger partial charge in [-0.15, -0.1) is 0 Å². The van der Waals surface area contributed by atoms with Crippen molar-refractivity contribution in [3.8, 4) is 0 Å². The van der Waals surface area contributed by atoms with Crippen LogP contribution in [0.15, 0.2) is 28.7 Å².